The monoisotopic (exact) mass is 210 g/mol. The molecule has 4 heteroatoms. The summed E-state index contributed by atoms with van der Waals surface area (Å²) in [5.41, 5.74) is 0. The van der Waals surface area contributed by atoms with Gasteiger partial charge in [0.25, 0.3) is 0 Å². The molecule has 0 spiro atoms. The standard InChI is InChI=1S/C11H18N2O2/c1-3-13-10(14)6-9(11(13)15)12-8-4-7(2)5-8/h7-9,12H,3-6H2,1-2H3. The highest BCUT2D eigenvalue weighted by atomic mass is 16.2. The van der Waals surface area contributed by atoms with Crippen LogP contribution in [0.25, 0.3) is 0 Å². The number of carbonyl (C=O) groups is 2. The minimum absolute atomic E-state index is 0.0348. The Kier molecular flexibility index (Phi) is 2.78. The van der Waals surface area contributed by atoms with Gasteiger partial charge in [0.15, 0.2) is 0 Å². The number of amides is 2. The number of carbonyl (C=O) groups excluding carboxylic acids is 2. The number of hydrogen-bond acceptors (Lipinski definition) is 3. The van der Waals surface area contributed by atoms with E-state index < -0.39 is 0 Å². The van der Waals surface area contributed by atoms with Crippen molar-refractivity contribution in [3.63, 3.8) is 0 Å². The third kappa shape index (κ3) is 1.91. The molecule has 1 unspecified atom stereocenters. The Morgan fingerprint density at radius 2 is 2.07 bits per heavy atom. The van der Waals surface area contributed by atoms with Crippen LogP contribution in [0.15, 0.2) is 0 Å². The molecule has 4 nitrogen and oxygen atoms in total. The van der Waals surface area contributed by atoms with Crippen molar-refractivity contribution < 1.29 is 9.59 Å². The average molecular weight is 210 g/mol. The largest absolute Gasteiger partial charge is 0.303 e. The van der Waals surface area contributed by atoms with E-state index in [4.69, 9.17) is 0 Å². The second-order valence-corrected chi connectivity index (χ2v) is 4.67. The number of hydrogen-bond donors (Lipinski definition) is 1. The molecule has 0 bridgehead atoms. The predicted octanol–water partition coefficient (Wildman–Crippen LogP) is 0.522. The molecule has 1 saturated heterocycles. The van der Waals surface area contributed by atoms with Gasteiger partial charge in [-0.15, -0.1) is 0 Å². The van der Waals surface area contributed by atoms with Gasteiger partial charge in [-0.2, -0.15) is 0 Å². The van der Waals surface area contributed by atoms with Crippen molar-refractivity contribution in [2.75, 3.05) is 6.54 Å². The van der Waals surface area contributed by atoms with E-state index in [0.717, 1.165) is 18.8 Å². The molecular weight excluding hydrogens is 192 g/mol. The van der Waals surface area contributed by atoms with Gasteiger partial charge in [0, 0.05) is 12.6 Å². The van der Waals surface area contributed by atoms with Crippen molar-refractivity contribution in [1.29, 1.82) is 0 Å². The normalized spacial score (nSPS) is 35.9. The topological polar surface area (TPSA) is 49.4 Å². The SMILES string of the molecule is CCN1C(=O)CC(NC2CC(C)C2)C1=O. The van der Waals surface area contributed by atoms with Crippen LogP contribution in [0.2, 0.25) is 0 Å². The minimum atomic E-state index is -0.255. The second kappa shape index (κ2) is 3.93. The molecule has 1 N–H and O–H groups in total. The lowest BCUT2D eigenvalue weighted by Crippen LogP contribution is -2.48. The Balaban J connectivity index is 1.89. The van der Waals surface area contributed by atoms with Crippen LogP contribution < -0.4 is 5.32 Å². The number of likely N-dealkylation sites (N-methyl/N-ethyl adjacent to an activating group) is 1. The summed E-state index contributed by atoms with van der Waals surface area (Å²) < 4.78 is 0. The van der Waals surface area contributed by atoms with Gasteiger partial charge in [0.05, 0.1) is 12.5 Å². The molecule has 1 aliphatic carbocycles. The molecule has 2 amide bonds. The van der Waals surface area contributed by atoms with E-state index >= 15 is 0 Å². The number of nitrogens with one attached hydrogen (secondary N) is 1. The van der Waals surface area contributed by atoms with Gasteiger partial charge in [-0.3, -0.25) is 14.5 Å². The van der Waals surface area contributed by atoms with E-state index in [1.807, 2.05) is 6.92 Å². The van der Waals surface area contributed by atoms with Gasteiger partial charge in [-0.05, 0) is 25.7 Å². The van der Waals surface area contributed by atoms with Gasteiger partial charge in [0.1, 0.15) is 0 Å². The van der Waals surface area contributed by atoms with Gasteiger partial charge in [-0.25, -0.2) is 0 Å². The summed E-state index contributed by atoms with van der Waals surface area (Å²) in [5.74, 6) is 0.686. The lowest BCUT2D eigenvalue weighted by atomic mass is 9.81. The summed E-state index contributed by atoms with van der Waals surface area (Å²) in [7, 11) is 0. The molecule has 2 rings (SSSR count). The quantitative estimate of drug-likeness (QED) is 0.691. The number of imide groups is 1. The molecule has 0 aromatic carbocycles. The molecule has 2 fully saturated rings. The van der Waals surface area contributed by atoms with Crippen LogP contribution in [0.1, 0.15) is 33.1 Å². The van der Waals surface area contributed by atoms with E-state index in [1.165, 1.54) is 4.90 Å². The molecule has 2 aliphatic rings. The van der Waals surface area contributed by atoms with Crippen molar-refractivity contribution in [3.8, 4) is 0 Å². The fourth-order valence-electron chi connectivity index (χ4n) is 2.47. The zero-order chi connectivity index (χ0) is 11.0. The smallest absolute Gasteiger partial charge is 0.246 e. The highest BCUT2D eigenvalue weighted by Crippen LogP contribution is 2.27. The summed E-state index contributed by atoms with van der Waals surface area (Å²) in [6.07, 6.45) is 2.60. The number of likely N-dealkylation sites (tertiary alicyclic amines) is 1. The molecule has 84 valence electrons. The van der Waals surface area contributed by atoms with E-state index in [1.54, 1.807) is 0 Å². The first-order chi connectivity index (χ1) is 7.11. The maximum absolute atomic E-state index is 11.7. The van der Waals surface area contributed by atoms with Crippen LogP contribution in [0.4, 0.5) is 0 Å². The highest BCUT2D eigenvalue weighted by Gasteiger charge is 2.39. The van der Waals surface area contributed by atoms with Crippen molar-refractivity contribution in [3.05, 3.63) is 0 Å². The molecule has 0 aromatic rings. The fourth-order valence-corrected chi connectivity index (χ4v) is 2.47. The van der Waals surface area contributed by atoms with Crippen molar-refractivity contribution in [2.45, 2.75) is 45.2 Å². The first-order valence-electron chi connectivity index (χ1n) is 5.72. The Labute approximate surface area is 90.0 Å². The van der Waals surface area contributed by atoms with Crippen LogP contribution in [0.3, 0.4) is 0 Å². The molecule has 1 saturated carbocycles. The van der Waals surface area contributed by atoms with E-state index in [-0.39, 0.29) is 17.9 Å². The summed E-state index contributed by atoms with van der Waals surface area (Å²) in [6, 6.07) is 0.188. The summed E-state index contributed by atoms with van der Waals surface area (Å²) >= 11 is 0. The van der Waals surface area contributed by atoms with Crippen molar-refractivity contribution >= 4 is 11.8 Å². The Morgan fingerprint density at radius 1 is 1.40 bits per heavy atom. The van der Waals surface area contributed by atoms with E-state index in [9.17, 15) is 9.59 Å². The average Bonchev–Trinajstić information content (AvgIpc) is 2.39. The summed E-state index contributed by atoms with van der Waals surface area (Å²) in [5, 5.41) is 3.28. The van der Waals surface area contributed by atoms with Crippen LogP contribution in [0, 0.1) is 5.92 Å². The summed E-state index contributed by atoms with van der Waals surface area (Å²) in [6.45, 7) is 4.54. The Morgan fingerprint density at radius 3 is 2.53 bits per heavy atom. The second-order valence-electron chi connectivity index (χ2n) is 4.67. The maximum atomic E-state index is 11.7. The third-order valence-corrected chi connectivity index (χ3v) is 3.37. The maximum Gasteiger partial charge on any atom is 0.246 e. The van der Waals surface area contributed by atoms with E-state index in [0.29, 0.717) is 19.0 Å². The van der Waals surface area contributed by atoms with Gasteiger partial charge in [0.2, 0.25) is 11.8 Å². The Hall–Kier alpha value is -0.900. The number of nitrogens with zero attached hydrogens (tertiary/aromatic N) is 1. The van der Waals surface area contributed by atoms with Crippen LogP contribution in [-0.2, 0) is 9.59 Å². The Bertz CT molecular complexity index is 284. The van der Waals surface area contributed by atoms with Gasteiger partial charge < -0.3 is 5.32 Å². The zero-order valence-corrected chi connectivity index (χ0v) is 9.32. The molecule has 0 aromatic heterocycles. The first kappa shape index (κ1) is 10.6. The predicted molar refractivity (Wildman–Crippen MR) is 56.1 cm³/mol. The van der Waals surface area contributed by atoms with Crippen molar-refractivity contribution in [2.24, 2.45) is 5.92 Å². The van der Waals surface area contributed by atoms with Crippen LogP contribution in [-0.4, -0.2) is 35.3 Å². The molecular formula is C11H18N2O2. The van der Waals surface area contributed by atoms with Gasteiger partial charge in [-0.1, -0.05) is 6.92 Å². The molecule has 0 radical (unpaired) electrons. The molecule has 1 heterocycles. The van der Waals surface area contributed by atoms with Crippen LogP contribution in [0.5, 0.6) is 0 Å². The first-order valence-corrected chi connectivity index (χ1v) is 5.72. The number of rotatable bonds is 3. The molecule has 15 heavy (non-hydrogen) atoms. The van der Waals surface area contributed by atoms with Crippen LogP contribution >= 0.6 is 0 Å². The molecule has 1 aliphatic heterocycles. The van der Waals surface area contributed by atoms with Crippen molar-refractivity contribution in [1.82, 2.24) is 10.2 Å². The zero-order valence-electron chi connectivity index (χ0n) is 9.32. The van der Waals surface area contributed by atoms with E-state index in [2.05, 4.69) is 12.2 Å². The summed E-state index contributed by atoms with van der Waals surface area (Å²) in [4.78, 5) is 24.5. The fraction of sp³-hybridized carbons (Fsp3) is 0.818. The minimum Gasteiger partial charge on any atom is -0.303 e. The lowest BCUT2D eigenvalue weighted by Gasteiger charge is -2.34. The third-order valence-electron chi connectivity index (χ3n) is 3.37. The van der Waals surface area contributed by atoms with Gasteiger partial charge >= 0.3 is 0 Å². The lowest BCUT2D eigenvalue weighted by molar-refractivity contribution is -0.138. The highest BCUT2D eigenvalue weighted by molar-refractivity contribution is 6.05. The molecule has 1 atom stereocenters.